The highest BCUT2D eigenvalue weighted by Crippen LogP contribution is 2.35. The van der Waals surface area contributed by atoms with E-state index in [-0.39, 0.29) is 17.3 Å². The Labute approximate surface area is 130 Å². The molecule has 22 heavy (non-hydrogen) atoms. The Hall–Kier alpha value is -1.31. The molecule has 2 N–H and O–H groups in total. The lowest BCUT2D eigenvalue weighted by molar-refractivity contribution is 0.171. The van der Waals surface area contributed by atoms with Crippen LogP contribution in [-0.2, 0) is 10.0 Å². The van der Waals surface area contributed by atoms with Crippen molar-refractivity contribution in [2.45, 2.75) is 36.6 Å². The van der Waals surface area contributed by atoms with Crippen LogP contribution < -0.4 is 19.5 Å². The van der Waals surface area contributed by atoms with E-state index in [1.165, 1.54) is 0 Å². The van der Waals surface area contributed by atoms with Gasteiger partial charge in [-0.1, -0.05) is 6.07 Å². The van der Waals surface area contributed by atoms with E-state index in [1.807, 2.05) is 18.2 Å². The van der Waals surface area contributed by atoms with Crippen LogP contribution in [-0.4, -0.2) is 39.5 Å². The van der Waals surface area contributed by atoms with Gasteiger partial charge in [-0.2, -0.15) is 0 Å². The van der Waals surface area contributed by atoms with E-state index in [9.17, 15) is 8.42 Å². The Morgan fingerprint density at radius 1 is 1.09 bits per heavy atom. The first-order valence-electron chi connectivity index (χ1n) is 7.77. The third-order valence-electron chi connectivity index (χ3n) is 4.43. The van der Waals surface area contributed by atoms with Gasteiger partial charge in [-0.05, 0) is 43.5 Å². The Kier molecular flexibility index (Phi) is 3.51. The second-order valence-electron chi connectivity index (χ2n) is 6.09. The molecule has 1 aromatic carbocycles. The molecule has 0 amide bonds. The molecule has 4 rings (SSSR count). The van der Waals surface area contributed by atoms with Gasteiger partial charge in [0.15, 0.2) is 11.5 Å². The van der Waals surface area contributed by atoms with Gasteiger partial charge >= 0.3 is 0 Å². The molecule has 2 aliphatic heterocycles. The van der Waals surface area contributed by atoms with Crippen molar-refractivity contribution in [1.82, 2.24) is 10.0 Å². The fourth-order valence-electron chi connectivity index (χ4n) is 3.12. The van der Waals surface area contributed by atoms with Crippen LogP contribution in [0.4, 0.5) is 0 Å². The standard InChI is InChI=1S/C15H20N2O4S/c18-22(19,11-2-3-11)17-12-5-6-16-15(12)10-1-4-13-14(9-10)21-8-7-20-13/h1,4,9,11-12,15-17H,2-3,5-8H2. The van der Waals surface area contributed by atoms with Crippen LogP contribution in [0.1, 0.15) is 30.9 Å². The molecule has 1 aromatic rings. The smallest absolute Gasteiger partial charge is 0.214 e. The van der Waals surface area contributed by atoms with Gasteiger partial charge in [0.05, 0.1) is 5.25 Å². The summed E-state index contributed by atoms with van der Waals surface area (Å²) in [5.74, 6) is 1.49. The minimum atomic E-state index is -3.17. The van der Waals surface area contributed by atoms with Crippen LogP contribution in [0.15, 0.2) is 18.2 Å². The fraction of sp³-hybridized carbons (Fsp3) is 0.600. The molecule has 1 aliphatic carbocycles. The Bertz CT molecular complexity index is 672. The van der Waals surface area contributed by atoms with E-state index in [1.54, 1.807) is 0 Å². The van der Waals surface area contributed by atoms with Crippen LogP contribution in [0.25, 0.3) is 0 Å². The average molecular weight is 324 g/mol. The number of nitrogens with one attached hydrogen (secondary N) is 2. The van der Waals surface area contributed by atoms with Gasteiger partial charge in [0.1, 0.15) is 13.2 Å². The molecule has 6 nitrogen and oxygen atoms in total. The van der Waals surface area contributed by atoms with E-state index < -0.39 is 10.0 Å². The summed E-state index contributed by atoms with van der Waals surface area (Å²) in [6, 6.07) is 5.71. The van der Waals surface area contributed by atoms with Gasteiger partial charge in [-0.25, -0.2) is 13.1 Å². The van der Waals surface area contributed by atoms with Crippen molar-refractivity contribution in [2.75, 3.05) is 19.8 Å². The third kappa shape index (κ3) is 2.68. The summed E-state index contributed by atoms with van der Waals surface area (Å²) >= 11 is 0. The maximum absolute atomic E-state index is 12.2. The molecule has 2 atom stereocenters. The summed E-state index contributed by atoms with van der Waals surface area (Å²) in [5, 5.41) is 3.20. The van der Waals surface area contributed by atoms with E-state index in [0.717, 1.165) is 42.9 Å². The molecule has 0 bridgehead atoms. The summed E-state index contributed by atoms with van der Waals surface area (Å²) in [6.45, 7) is 1.92. The van der Waals surface area contributed by atoms with E-state index >= 15 is 0 Å². The van der Waals surface area contributed by atoms with E-state index in [4.69, 9.17) is 9.47 Å². The number of sulfonamides is 1. The molecule has 0 aromatic heterocycles. The zero-order valence-electron chi connectivity index (χ0n) is 12.2. The normalized spacial score (nSPS) is 27.8. The van der Waals surface area contributed by atoms with Gasteiger partial charge in [-0.15, -0.1) is 0 Å². The maximum Gasteiger partial charge on any atom is 0.214 e. The number of ether oxygens (including phenoxy) is 2. The van der Waals surface area contributed by atoms with Crippen molar-refractivity contribution >= 4 is 10.0 Å². The van der Waals surface area contributed by atoms with Crippen molar-refractivity contribution in [3.05, 3.63) is 23.8 Å². The van der Waals surface area contributed by atoms with Crippen molar-refractivity contribution in [2.24, 2.45) is 0 Å². The highest BCUT2D eigenvalue weighted by Gasteiger charge is 2.40. The van der Waals surface area contributed by atoms with Gasteiger partial charge in [0.25, 0.3) is 0 Å². The van der Waals surface area contributed by atoms with Gasteiger partial charge in [0, 0.05) is 12.1 Å². The predicted octanol–water partition coefficient (Wildman–Crippen LogP) is 0.943. The lowest BCUT2D eigenvalue weighted by Gasteiger charge is -2.24. The lowest BCUT2D eigenvalue weighted by Crippen LogP contribution is -2.40. The van der Waals surface area contributed by atoms with E-state index in [2.05, 4.69) is 10.0 Å². The molecule has 1 saturated heterocycles. The molecule has 7 heteroatoms. The predicted molar refractivity (Wildman–Crippen MR) is 81.7 cm³/mol. The first kappa shape index (κ1) is 14.3. The molecular weight excluding hydrogens is 304 g/mol. The molecule has 1 saturated carbocycles. The highest BCUT2D eigenvalue weighted by molar-refractivity contribution is 7.90. The Morgan fingerprint density at radius 2 is 1.86 bits per heavy atom. The summed E-state index contributed by atoms with van der Waals surface area (Å²) in [5.41, 5.74) is 1.03. The van der Waals surface area contributed by atoms with Crippen molar-refractivity contribution in [3.63, 3.8) is 0 Å². The molecule has 2 unspecified atom stereocenters. The first-order chi connectivity index (χ1) is 10.6. The molecule has 2 heterocycles. The Balaban J connectivity index is 1.55. The Morgan fingerprint density at radius 3 is 2.64 bits per heavy atom. The monoisotopic (exact) mass is 324 g/mol. The van der Waals surface area contributed by atoms with Crippen LogP contribution in [0, 0.1) is 0 Å². The summed E-state index contributed by atoms with van der Waals surface area (Å²) in [7, 11) is -3.17. The summed E-state index contributed by atoms with van der Waals surface area (Å²) < 4.78 is 38.4. The lowest BCUT2D eigenvalue weighted by atomic mass is 10.0. The minimum Gasteiger partial charge on any atom is -0.486 e. The molecule has 0 radical (unpaired) electrons. The number of hydrogen-bond acceptors (Lipinski definition) is 5. The van der Waals surface area contributed by atoms with Gasteiger partial charge < -0.3 is 14.8 Å². The number of hydrogen-bond donors (Lipinski definition) is 2. The fourth-order valence-corrected chi connectivity index (χ4v) is 4.74. The first-order valence-corrected chi connectivity index (χ1v) is 9.32. The largest absolute Gasteiger partial charge is 0.486 e. The number of fused-ring (bicyclic) bond motifs is 1. The molecule has 3 aliphatic rings. The topological polar surface area (TPSA) is 76.7 Å². The molecular formula is C15H20N2O4S. The van der Waals surface area contributed by atoms with Crippen molar-refractivity contribution < 1.29 is 17.9 Å². The van der Waals surface area contributed by atoms with Crippen LogP contribution in [0.2, 0.25) is 0 Å². The summed E-state index contributed by atoms with van der Waals surface area (Å²) in [4.78, 5) is 0. The van der Waals surface area contributed by atoms with Crippen molar-refractivity contribution in [1.29, 1.82) is 0 Å². The molecule has 2 fully saturated rings. The highest BCUT2D eigenvalue weighted by atomic mass is 32.2. The number of rotatable bonds is 4. The van der Waals surface area contributed by atoms with Crippen LogP contribution >= 0.6 is 0 Å². The SMILES string of the molecule is O=S(=O)(NC1CCNC1c1ccc2c(c1)OCCO2)C1CC1. The second kappa shape index (κ2) is 5.40. The zero-order valence-corrected chi connectivity index (χ0v) is 13.1. The average Bonchev–Trinajstić information content (AvgIpc) is 3.29. The van der Waals surface area contributed by atoms with Gasteiger partial charge in [0.2, 0.25) is 10.0 Å². The minimum absolute atomic E-state index is 0.0237. The van der Waals surface area contributed by atoms with Crippen LogP contribution in [0.3, 0.4) is 0 Å². The quantitative estimate of drug-likeness (QED) is 0.862. The second-order valence-corrected chi connectivity index (χ2v) is 8.08. The molecule has 0 spiro atoms. The number of benzene rings is 1. The zero-order chi connectivity index (χ0) is 15.2. The summed E-state index contributed by atoms with van der Waals surface area (Å²) in [6.07, 6.45) is 2.36. The maximum atomic E-state index is 12.2. The molecule has 120 valence electrons. The van der Waals surface area contributed by atoms with Gasteiger partial charge in [-0.3, -0.25) is 0 Å². The van der Waals surface area contributed by atoms with Crippen LogP contribution in [0.5, 0.6) is 11.5 Å². The third-order valence-corrected chi connectivity index (χ3v) is 6.41. The van der Waals surface area contributed by atoms with Crippen molar-refractivity contribution in [3.8, 4) is 11.5 Å². The van der Waals surface area contributed by atoms with E-state index in [0.29, 0.717) is 13.2 Å².